The lowest BCUT2D eigenvalue weighted by Crippen LogP contribution is -2.74. The SMILES string of the molecule is CC(=O)O[C@@]1(C)CC[C@H]2C=CO[C@@H](O[C@H]3O[C@](O)(CO)C(O)(O)[C@H](O)[C@H]3O)[C@@H]21. The minimum absolute atomic E-state index is 0.0692. The van der Waals surface area contributed by atoms with Crippen LogP contribution in [0.5, 0.6) is 0 Å². The zero-order valence-electron chi connectivity index (χ0n) is 15.5. The topological polar surface area (TPSA) is 175 Å². The number of aliphatic hydroxyl groups is 6. The molecule has 2 fully saturated rings. The molecule has 2 aliphatic heterocycles. The summed E-state index contributed by atoms with van der Waals surface area (Å²) >= 11 is 0. The van der Waals surface area contributed by atoms with Gasteiger partial charge in [0.1, 0.15) is 24.4 Å². The van der Waals surface area contributed by atoms with Crippen LogP contribution in [0.25, 0.3) is 0 Å². The van der Waals surface area contributed by atoms with Gasteiger partial charge in [0.05, 0.1) is 12.2 Å². The second kappa shape index (κ2) is 7.18. The first-order valence-corrected chi connectivity index (χ1v) is 8.94. The van der Waals surface area contributed by atoms with Crippen molar-refractivity contribution in [3.8, 4) is 0 Å². The van der Waals surface area contributed by atoms with E-state index < -0.39 is 60.5 Å². The van der Waals surface area contributed by atoms with Crippen LogP contribution in [0.2, 0.25) is 0 Å². The number of aliphatic hydroxyl groups excluding tert-OH is 3. The van der Waals surface area contributed by atoms with E-state index in [1.807, 2.05) is 0 Å². The third-order valence-electron chi connectivity index (χ3n) is 5.73. The molecule has 1 saturated carbocycles. The summed E-state index contributed by atoms with van der Waals surface area (Å²) in [6, 6.07) is 0. The maximum Gasteiger partial charge on any atom is 0.303 e. The largest absolute Gasteiger partial charge is 0.472 e. The van der Waals surface area contributed by atoms with Crippen LogP contribution in [0, 0.1) is 11.8 Å². The van der Waals surface area contributed by atoms with Crippen molar-refractivity contribution in [3.63, 3.8) is 0 Å². The van der Waals surface area contributed by atoms with Gasteiger partial charge in [0.15, 0.2) is 6.29 Å². The Labute approximate surface area is 160 Å². The molecule has 3 rings (SSSR count). The summed E-state index contributed by atoms with van der Waals surface area (Å²) in [5.74, 6) is -7.42. The Balaban J connectivity index is 1.83. The van der Waals surface area contributed by atoms with Gasteiger partial charge in [-0.25, -0.2) is 0 Å². The third-order valence-corrected chi connectivity index (χ3v) is 5.73. The summed E-state index contributed by atoms with van der Waals surface area (Å²) in [5, 5.41) is 59.3. The van der Waals surface area contributed by atoms with Crippen LogP contribution in [0.3, 0.4) is 0 Å². The van der Waals surface area contributed by atoms with Crippen molar-refractivity contribution in [2.24, 2.45) is 11.8 Å². The Kier molecular flexibility index (Phi) is 5.49. The van der Waals surface area contributed by atoms with Crippen LogP contribution in [0.4, 0.5) is 0 Å². The van der Waals surface area contributed by atoms with Gasteiger partial charge in [-0.15, -0.1) is 0 Å². The van der Waals surface area contributed by atoms with Crippen LogP contribution in [-0.4, -0.2) is 85.2 Å². The van der Waals surface area contributed by atoms with E-state index in [9.17, 15) is 35.4 Å². The van der Waals surface area contributed by atoms with E-state index in [-0.39, 0.29) is 5.92 Å². The van der Waals surface area contributed by atoms with Crippen LogP contribution < -0.4 is 0 Å². The predicted octanol–water partition coefficient (Wildman–Crippen LogP) is -2.34. The number of hydrogen-bond acceptors (Lipinski definition) is 11. The molecule has 3 aliphatic rings. The minimum Gasteiger partial charge on any atom is -0.472 e. The molecule has 0 aromatic carbocycles. The molecule has 0 radical (unpaired) electrons. The Bertz CT molecular complexity index is 637. The number of carbonyl (C=O) groups excluding carboxylic acids is 1. The number of hydrogen-bond donors (Lipinski definition) is 6. The fourth-order valence-electron chi connectivity index (χ4n) is 4.19. The highest BCUT2D eigenvalue weighted by Crippen LogP contribution is 2.49. The summed E-state index contributed by atoms with van der Waals surface area (Å²) in [5.41, 5.74) is -0.935. The molecular formula is C17H26O11. The molecule has 0 aromatic heterocycles. The first kappa shape index (κ1) is 21.4. The number of ether oxygens (including phenoxy) is 4. The molecular weight excluding hydrogens is 380 g/mol. The lowest BCUT2D eigenvalue weighted by atomic mass is 9.85. The van der Waals surface area contributed by atoms with Gasteiger partial charge in [0.25, 0.3) is 5.79 Å². The molecule has 0 spiro atoms. The molecule has 11 nitrogen and oxygen atoms in total. The average Bonchev–Trinajstić information content (AvgIpc) is 2.95. The van der Waals surface area contributed by atoms with E-state index >= 15 is 0 Å². The van der Waals surface area contributed by atoms with Crippen molar-refractivity contribution in [2.45, 2.75) is 68.7 Å². The summed E-state index contributed by atoms with van der Waals surface area (Å²) in [6.45, 7) is 1.70. The molecule has 160 valence electrons. The zero-order valence-corrected chi connectivity index (χ0v) is 15.5. The van der Waals surface area contributed by atoms with E-state index in [0.717, 1.165) is 0 Å². The van der Waals surface area contributed by atoms with Gasteiger partial charge < -0.3 is 49.6 Å². The average molecular weight is 406 g/mol. The number of fused-ring (bicyclic) bond motifs is 1. The van der Waals surface area contributed by atoms with E-state index in [4.69, 9.17) is 18.9 Å². The first-order chi connectivity index (χ1) is 12.9. The Hall–Kier alpha value is -1.31. The molecule has 2 heterocycles. The van der Waals surface area contributed by atoms with Gasteiger partial charge in [0.2, 0.25) is 12.1 Å². The van der Waals surface area contributed by atoms with Crippen molar-refractivity contribution in [1.29, 1.82) is 0 Å². The van der Waals surface area contributed by atoms with Crippen LogP contribution >= 0.6 is 0 Å². The molecule has 0 unspecified atom stereocenters. The molecule has 6 N–H and O–H groups in total. The number of allylic oxidation sites excluding steroid dienone is 1. The molecule has 11 heteroatoms. The summed E-state index contributed by atoms with van der Waals surface area (Å²) in [4.78, 5) is 11.5. The Morgan fingerprint density at radius 2 is 1.93 bits per heavy atom. The minimum atomic E-state index is -3.35. The highest BCUT2D eigenvalue weighted by Gasteiger charge is 2.64. The van der Waals surface area contributed by atoms with Crippen molar-refractivity contribution in [1.82, 2.24) is 0 Å². The highest BCUT2D eigenvalue weighted by molar-refractivity contribution is 5.66. The van der Waals surface area contributed by atoms with Crippen LogP contribution in [0.15, 0.2) is 12.3 Å². The summed E-state index contributed by atoms with van der Waals surface area (Å²) in [7, 11) is 0. The predicted molar refractivity (Wildman–Crippen MR) is 87.6 cm³/mol. The molecule has 28 heavy (non-hydrogen) atoms. The van der Waals surface area contributed by atoms with Crippen molar-refractivity contribution >= 4 is 5.97 Å². The first-order valence-electron chi connectivity index (χ1n) is 8.94. The summed E-state index contributed by atoms with van der Waals surface area (Å²) < 4.78 is 21.5. The number of esters is 1. The van der Waals surface area contributed by atoms with Crippen molar-refractivity contribution < 1.29 is 54.4 Å². The van der Waals surface area contributed by atoms with Crippen LogP contribution in [-0.2, 0) is 23.7 Å². The maximum atomic E-state index is 11.5. The Morgan fingerprint density at radius 1 is 1.25 bits per heavy atom. The van der Waals surface area contributed by atoms with Gasteiger partial charge >= 0.3 is 5.97 Å². The fourth-order valence-corrected chi connectivity index (χ4v) is 4.19. The van der Waals surface area contributed by atoms with E-state index in [1.165, 1.54) is 13.2 Å². The van der Waals surface area contributed by atoms with Crippen LogP contribution in [0.1, 0.15) is 26.7 Å². The quantitative estimate of drug-likeness (QED) is 0.218. The van der Waals surface area contributed by atoms with E-state index in [1.54, 1.807) is 13.0 Å². The normalized spacial score (nSPS) is 47.3. The van der Waals surface area contributed by atoms with Gasteiger partial charge in [-0.1, -0.05) is 0 Å². The molecule has 8 atom stereocenters. The van der Waals surface area contributed by atoms with E-state index in [2.05, 4.69) is 0 Å². The smallest absolute Gasteiger partial charge is 0.303 e. The van der Waals surface area contributed by atoms with Gasteiger partial charge in [-0.05, 0) is 31.8 Å². The Morgan fingerprint density at radius 3 is 2.54 bits per heavy atom. The molecule has 0 aromatic rings. The lowest BCUT2D eigenvalue weighted by Gasteiger charge is -2.50. The molecule has 0 amide bonds. The number of carbonyl (C=O) groups is 1. The van der Waals surface area contributed by atoms with Crippen molar-refractivity contribution in [2.75, 3.05) is 6.61 Å². The number of rotatable bonds is 4. The monoisotopic (exact) mass is 406 g/mol. The summed E-state index contributed by atoms with van der Waals surface area (Å²) in [6.07, 6.45) is -2.80. The van der Waals surface area contributed by atoms with Gasteiger partial charge in [-0.3, -0.25) is 4.79 Å². The van der Waals surface area contributed by atoms with Crippen molar-refractivity contribution in [3.05, 3.63) is 12.3 Å². The van der Waals surface area contributed by atoms with E-state index in [0.29, 0.717) is 12.8 Å². The zero-order chi connectivity index (χ0) is 20.9. The highest BCUT2D eigenvalue weighted by atomic mass is 16.8. The van der Waals surface area contributed by atoms with Gasteiger partial charge in [0, 0.05) is 6.92 Å². The second-order valence-electron chi connectivity index (χ2n) is 7.69. The third kappa shape index (κ3) is 3.31. The molecule has 1 aliphatic carbocycles. The second-order valence-corrected chi connectivity index (χ2v) is 7.69. The fraction of sp³-hybridized carbons (Fsp3) is 0.824. The lowest BCUT2D eigenvalue weighted by molar-refractivity contribution is -0.485. The molecule has 0 bridgehead atoms. The molecule has 1 saturated heterocycles. The van der Waals surface area contributed by atoms with Gasteiger partial charge in [-0.2, -0.15) is 0 Å². The maximum absolute atomic E-state index is 11.5. The standard InChI is InChI=1S/C17H26O11/c1-8(19)27-15(2)5-3-9-4-6-25-13(10(9)15)26-14-11(20)12(21)17(23,24)16(22,7-18)28-14/h4,6,9-14,18,20-24H,3,5,7H2,1-2H3/t9-,10+,11+,12+,13-,14-,15-,16+/m0/s1.